The number of phenols is 1. The van der Waals surface area contributed by atoms with E-state index in [2.05, 4.69) is 12.2 Å². The second kappa shape index (κ2) is 5.13. The monoisotopic (exact) mass is 313 g/mol. The van der Waals surface area contributed by atoms with Gasteiger partial charge in [-0.25, -0.2) is 0 Å². The summed E-state index contributed by atoms with van der Waals surface area (Å²) in [4.78, 5) is 13.6. The van der Waals surface area contributed by atoms with Crippen LogP contribution in [-0.4, -0.2) is 11.0 Å². The third-order valence-electron chi connectivity index (χ3n) is 4.84. The van der Waals surface area contributed by atoms with E-state index in [0.717, 1.165) is 29.3 Å². The Morgan fingerprint density at radius 2 is 2.00 bits per heavy atom. The maximum absolute atomic E-state index is 12.1. The van der Waals surface area contributed by atoms with Crippen molar-refractivity contribution >= 4 is 22.2 Å². The molecule has 1 amide bonds. The Hall–Kier alpha value is -1.81. The summed E-state index contributed by atoms with van der Waals surface area (Å²) in [5, 5.41) is 13.6. The predicted molar refractivity (Wildman–Crippen MR) is 88.7 cm³/mol. The highest BCUT2D eigenvalue weighted by Gasteiger charge is 2.34. The minimum Gasteiger partial charge on any atom is -0.508 e. The van der Waals surface area contributed by atoms with Crippen molar-refractivity contribution in [3.05, 3.63) is 45.8 Å². The zero-order valence-electron chi connectivity index (χ0n) is 12.6. The molecule has 114 valence electrons. The quantitative estimate of drug-likeness (QED) is 0.834. The molecule has 4 heteroatoms. The molecule has 0 saturated carbocycles. The maximum atomic E-state index is 12.1. The summed E-state index contributed by atoms with van der Waals surface area (Å²) in [7, 11) is 0. The molecular formula is C18H19NO2S. The number of nitrogens with one attached hydrogen (secondary N) is 1. The predicted octanol–water partition coefficient (Wildman–Crippen LogP) is 4.05. The van der Waals surface area contributed by atoms with Gasteiger partial charge in [0, 0.05) is 17.2 Å². The summed E-state index contributed by atoms with van der Waals surface area (Å²) in [5.41, 5.74) is 3.92. The smallest absolute Gasteiger partial charge is 0.225 e. The van der Waals surface area contributed by atoms with Gasteiger partial charge >= 0.3 is 0 Å². The van der Waals surface area contributed by atoms with Crippen molar-refractivity contribution in [1.82, 2.24) is 0 Å². The van der Waals surface area contributed by atoms with E-state index in [1.807, 2.05) is 12.1 Å². The summed E-state index contributed by atoms with van der Waals surface area (Å²) < 4.78 is 0. The van der Waals surface area contributed by atoms with Crippen molar-refractivity contribution in [2.24, 2.45) is 5.92 Å². The molecule has 2 N–H and O–H groups in total. The number of hydrogen-bond acceptors (Lipinski definition) is 3. The fourth-order valence-electron chi connectivity index (χ4n) is 3.69. The lowest BCUT2D eigenvalue weighted by atomic mass is 9.80. The Bertz CT molecular complexity index is 732. The van der Waals surface area contributed by atoms with Crippen LogP contribution in [0.5, 0.6) is 5.75 Å². The molecule has 2 aliphatic rings. The Morgan fingerprint density at radius 3 is 2.77 bits per heavy atom. The highest BCUT2D eigenvalue weighted by atomic mass is 32.1. The molecule has 2 heterocycles. The fraction of sp³-hybridized carbons (Fsp3) is 0.389. The van der Waals surface area contributed by atoms with Crippen LogP contribution >= 0.6 is 11.3 Å². The van der Waals surface area contributed by atoms with E-state index in [0.29, 0.717) is 6.42 Å². The number of aromatic hydroxyl groups is 1. The van der Waals surface area contributed by atoms with Crippen molar-refractivity contribution in [2.45, 2.75) is 38.5 Å². The molecule has 2 aromatic rings. The first kappa shape index (κ1) is 13.8. The van der Waals surface area contributed by atoms with Crippen LogP contribution in [0, 0.1) is 5.92 Å². The largest absolute Gasteiger partial charge is 0.508 e. The molecule has 0 fully saturated rings. The lowest BCUT2D eigenvalue weighted by Crippen LogP contribution is -2.23. The second-order valence-electron chi connectivity index (χ2n) is 6.49. The molecule has 1 aromatic carbocycles. The van der Waals surface area contributed by atoms with Gasteiger partial charge in [0.1, 0.15) is 5.75 Å². The third-order valence-corrected chi connectivity index (χ3v) is 6.02. The van der Waals surface area contributed by atoms with E-state index in [4.69, 9.17) is 0 Å². The number of thiophene rings is 1. The first-order valence-corrected chi connectivity index (χ1v) is 8.66. The van der Waals surface area contributed by atoms with Gasteiger partial charge in [0.15, 0.2) is 0 Å². The van der Waals surface area contributed by atoms with Gasteiger partial charge < -0.3 is 10.4 Å². The average Bonchev–Trinajstić information content (AvgIpc) is 2.84. The fourth-order valence-corrected chi connectivity index (χ4v) is 5.18. The Balaban J connectivity index is 1.82. The average molecular weight is 313 g/mol. The first-order valence-electron chi connectivity index (χ1n) is 7.85. The molecule has 1 aliphatic heterocycles. The Labute approximate surface area is 134 Å². The van der Waals surface area contributed by atoms with Gasteiger partial charge in [0.05, 0.1) is 5.00 Å². The van der Waals surface area contributed by atoms with E-state index >= 15 is 0 Å². The van der Waals surface area contributed by atoms with E-state index in [1.165, 1.54) is 22.4 Å². The summed E-state index contributed by atoms with van der Waals surface area (Å²) in [6.07, 6.45) is 3.97. The Morgan fingerprint density at radius 1 is 1.23 bits per heavy atom. The summed E-state index contributed by atoms with van der Waals surface area (Å²) in [5.74, 6) is 1.22. The van der Waals surface area contributed by atoms with Crippen molar-refractivity contribution in [2.75, 3.05) is 5.32 Å². The molecule has 4 rings (SSSR count). The molecule has 1 aliphatic carbocycles. The van der Waals surface area contributed by atoms with Crippen LogP contribution in [0.25, 0.3) is 0 Å². The van der Waals surface area contributed by atoms with Crippen LogP contribution in [0.15, 0.2) is 24.3 Å². The number of rotatable bonds is 1. The van der Waals surface area contributed by atoms with Crippen molar-refractivity contribution in [1.29, 1.82) is 0 Å². The SMILES string of the molecule is C[C@H]1CCc2c(sc3c2[C@@H](c2ccc(O)cc2)CC(=O)N3)C1. The maximum Gasteiger partial charge on any atom is 0.225 e. The van der Waals surface area contributed by atoms with Crippen LogP contribution in [0.3, 0.4) is 0 Å². The number of phenolic OH excluding ortho intramolecular Hbond substituents is 1. The Kier molecular flexibility index (Phi) is 3.22. The van der Waals surface area contributed by atoms with Gasteiger partial charge in [-0.05, 0) is 54.0 Å². The number of fused-ring (bicyclic) bond motifs is 3. The number of benzene rings is 1. The lowest BCUT2D eigenvalue weighted by Gasteiger charge is -2.26. The van der Waals surface area contributed by atoms with Crippen molar-refractivity contribution in [3.63, 3.8) is 0 Å². The molecule has 0 spiro atoms. The van der Waals surface area contributed by atoms with Crippen LogP contribution < -0.4 is 5.32 Å². The van der Waals surface area contributed by atoms with E-state index in [9.17, 15) is 9.90 Å². The third kappa shape index (κ3) is 2.22. The summed E-state index contributed by atoms with van der Waals surface area (Å²) in [6.45, 7) is 2.30. The zero-order chi connectivity index (χ0) is 15.3. The van der Waals surface area contributed by atoms with E-state index < -0.39 is 0 Å². The number of anilines is 1. The summed E-state index contributed by atoms with van der Waals surface area (Å²) >= 11 is 1.77. The van der Waals surface area contributed by atoms with Crippen LogP contribution in [0.1, 0.15) is 47.3 Å². The number of carbonyl (C=O) groups is 1. The van der Waals surface area contributed by atoms with Gasteiger partial charge in [-0.2, -0.15) is 0 Å². The highest BCUT2D eigenvalue weighted by Crippen LogP contribution is 2.48. The second-order valence-corrected chi connectivity index (χ2v) is 7.60. The molecular weight excluding hydrogens is 294 g/mol. The minimum absolute atomic E-state index is 0.0946. The number of carbonyl (C=O) groups excluding carboxylic acids is 1. The van der Waals surface area contributed by atoms with E-state index in [-0.39, 0.29) is 17.6 Å². The summed E-state index contributed by atoms with van der Waals surface area (Å²) in [6, 6.07) is 7.31. The highest BCUT2D eigenvalue weighted by molar-refractivity contribution is 7.16. The topological polar surface area (TPSA) is 49.3 Å². The van der Waals surface area contributed by atoms with Crippen LogP contribution in [0.2, 0.25) is 0 Å². The molecule has 1 aromatic heterocycles. The van der Waals surface area contributed by atoms with E-state index in [1.54, 1.807) is 23.5 Å². The van der Waals surface area contributed by atoms with Gasteiger partial charge in [-0.3, -0.25) is 4.79 Å². The molecule has 3 nitrogen and oxygen atoms in total. The normalized spacial score (nSPS) is 23.6. The van der Waals surface area contributed by atoms with Crippen molar-refractivity contribution in [3.8, 4) is 5.75 Å². The van der Waals surface area contributed by atoms with Gasteiger partial charge in [0.25, 0.3) is 0 Å². The molecule has 0 bridgehead atoms. The molecule has 22 heavy (non-hydrogen) atoms. The molecule has 0 unspecified atom stereocenters. The zero-order valence-corrected chi connectivity index (χ0v) is 13.4. The van der Waals surface area contributed by atoms with Gasteiger partial charge in [-0.1, -0.05) is 19.1 Å². The first-order chi connectivity index (χ1) is 10.6. The lowest BCUT2D eigenvalue weighted by molar-refractivity contribution is -0.116. The van der Waals surface area contributed by atoms with Crippen LogP contribution in [0.4, 0.5) is 5.00 Å². The minimum atomic E-state index is 0.0946. The van der Waals surface area contributed by atoms with Crippen LogP contribution in [-0.2, 0) is 17.6 Å². The standard InChI is InChI=1S/C18H19NO2S/c1-10-2-7-13-15(8-10)22-18-17(13)14(9-16(21)19-18)11-3-5-12(20)6-4-11/h3-6,10,14,20H,2,7-9H2,1H3,(H,19,21)/t10-,14+/m0/s1. The molecule has 0 saturated heterocycles. The molecule has 0 radical (unpaired) electrons. The number of hydrogen-bond donors (Lipinski definition) is 2. The van der Waals surface area contributed by atoms with Crippen molar-refractivity contribution < 1.29 is 9.90 Å². The number of amides is 1. The molecule has 2 atom stereocenters. The van der Waals surface area contributed by atoms with Gasteiger partial charge in [-0.15, -0.1) is 11.3 Å². The van der Waals surface area contributed by atoms with Gasteiger partial charge in [0.2, 0.25) is 5.91 Å².